The highest BCUT2D eigenvalue weighted by atomic mass is 35.5. The number of hydrogen-bond acceptors (Lipinski definition) is 5. The van der Waals surface area contributed by atoms with E-state index in [0.717, 1.165) is 10.5 Å². The smallest absolute Gasteiger partial charge is 0.326 e. The lowest BCUT2D eigenvalue weighted by Gasteiger charge is -2.18. The highest BCUT2D eigenvalue weighted by Crippen LogP contribution is 2.20. The van der Waals surface area contributed by atoms with Crippen molar-refractivity contribution >= 4 is 35.4 Å². The van der Waals surface area contributed by atoms with Crippen molar-refractivity contribution in [3.8, 4) is 0 Å². The maximum atomic E-state index is 12.2. The summed E-state index contributed by atoms with van der Waals surface area (Å²) in [5, 5.41) is 5.80. The molecule has 0 aromatic heterocycles. The van der Waals surface area contributed by atoms with Crippen LogP contribution in [0.15, 0.2) is 24.3 Å². The molecule has 1 saturated heterocycles. The van der Waals surface area contributed by atoms with Gasteiger partial charge in [0, 0.05) is 11.6 Å². The van der Waals surface area contributed by atoms with Crippen LogP contribution < -0.4 is 10.6 Å². The van der Waals surface area contributed by atoms with Crippen molar-refractivity contribution in [1.82, 2.24) is 15.5 Å². The van der Waals surface area contributed by atoms with E-state index in [1.165, 1.54) is 0 Å². The van der Waals surface area contributed by atoms with E-state index >= 15 is 0 Å². The van der Waals surface area contributed by atoms with Crippen molar-refractivity contribution in [2.75, 3.05) is 19.7 Å². The number of rotatable bonds is 8. The number of carbonyl (C=O) groups excluding carboxylic acids is 4. The van der Waals surface area contributed by atoms with Crippen LogP contribution in [0.4, 0.5) is 4.79 Å². The third kappa shape index (κ3) is 5.43. The third-order valence-electron chi connectivity index (χ3n) is 4.35. The lowest BCUT2D eigenvalue weighted by Crippen LogP contribution is -2.43. The van der Waals surface area contributed by atoms with Crippen LogP contribution in [0.3, 0.4) is 0 Å². The standard InChI is InChI=1S/C18H22ClN3O5/c1-3-18(2)16(25)22(17(26)21-18)10-15(24)27-11-14(23)20-9-8-12-4-6-13(19)7-5-12/h4-7H,3,8-11H2,1-2H3,(H,20,23)(H,21,26)/t18-/m0/s1. The summed E-state index contributed by atoms with van der Waals surface area (Å²) in [5.41, 5.74) is -0.00891. The Bertz CT molecular complexity index is 737. The van der Waals surface area contributed by atoms with Crippen LogP contribution in [-0.2, 0) is 25.5 Å². The molecule has 1 fully saturated rings. The molecule has 1 atom stereocenters. The minimum Gasteiger partial charge on any atom is -0.454 e. The van der Waals surface area contributed by atoms with Gasteiger partial charge in [-0.3, -0.25) is 19.3 Å². The lowest BCUT2D eigenvalue weighted by atomic mass is 9.99. The number of nitrogens with one attached hydrogen (secondary N) is 2. The van der Waals surface area contributed by atoms with Crippen LogP contribution in [0.2, 0.25) is 5.02 Å². The summed E-state index contributed by atoms with van der Waals surface area (Å²) in [6.07, 6.45) is 1.01. The fraction of sp³-hybridized carbons (Fsp3) is 0.444. The maximum absolute atomic E-state index is 12.2. The monoisotopic (exact) mass is 395 g/mol. The highest BCUT2D eigenvalue weighted by molar-refractivity contribution is 6.30. The fourth-order valence-corrected chi connectivity index (χ4v) is 2.63. The van der Waals surface area contributed by atoms with Gasteiger partial charge in [0.25, 0.3) is 11.8 Å². The van der Waals surface area contributed by atoms with Gasteiger partial charge in [0.15, 0.2) is 6.61 Å². The molecule has 27 heavy (non-hydrogen) atoms. The molecule has 2 N–H and O–H groups in total. The Labute approximate surface area is 162 Å². The van der Waals surface area contributed by atoms with E-state index < -0.39 is 42.5 Å². The number of imide groups is 1. The van der Waals surface area contributed by atoms with E-state index in [9.17, 15) is 19.2 Å². The molecule has 1 aromatic carbocycles. The average molecular weight is 396 g/mol. The van der Waals surface area contributed by atoms with E-state index in [0.29, 0.717) is 24.4 Å². The van der Waals surface area contributed by atoms with Gasteiger partial charge in [0.2, 0.25) is 0 Å². The number of ether oxygens (including phenoxy) is 1. The van der Waals surface area contributed by atoms with Crippen molar-refractivity contribution < 1.29 is 23.9 Å². The molecule has 0 bridgehead atoms. The second-order valence-electron chi connectivity index (χ2n) is 6.39. The van der Waals surface area contributed by atoms with Crippen molar-refractivity contribution in [1.29, 1.82) is 0 Å². The second-order valence-corrected chi connectivity index (χ2v) is 6.83. The Hall–Kier alpha value is -2.61. The molecule has 1 heterocycles. The molecule has 0 radical (unpaired) electrons. The highest BCUT2D eigenvalue weighted by Gasteiger charge is 2.47. The summed E-state index contributed by atoms with van der Waals surface area (Å²) in [5.74, 6) is -1.78. The van der Waals surface area contributed by atoms with Gasteiger partial charge >= 0.3 is 12.0 Å². The summed E-state index contributed by atoms with van der Waals surface area (Å²) in [6.45, 7) is 2.72. The minimum absolute atomic E-state index is 0.375. The normalized spacial score (nSPS) is 19.0. The van der Waals surface area contributed by atoms with E-state index in [1.54, 1.807) is 26.0 Å². The summed E-state index contributed by atoms with van der Waals surface area (Å²) >= 11 is 5.80. The Kier molecular flexibility index (Phi) is 6.79. The number of esters is 1. The molecule has 1 aliphatic heterocycles. The van der Waals surface area contributed by atoms with E-state index in [2.05, 4.69) is 10.6 Å². The molecule has 8 nitrogen and oxygen atoms in total. The van der Waals surface area contributed by atoms with Crippen LogP contribution in [0.25, 0.3) is 0 Å². The largest absolute Gasteiger partial charge is 0.454 e. The minimum atomic E-state index is -1.02. The predicted octanol–water partition coefficient (Wildman–Crippen LogP) is 1.26. The van der Waals surface area contributed by atoms with E-state index in [4.69, 9.17) is 16.3 Å². The number of hydrogen-bond donors (Lipinski definition) is 2. The first kappa shape index (κ1) is 20.7. The van der Waals surface area contributed by atoms with Crippen LogP contribution in [-0.4, -0.2) is 54.0 Å². The molecule has 146 valence electrons. The summed E-state index contributed by atoms with van der Waals surface area (Å²) in [4.78, 5) is 48.4. The van der Waals surface area contributed by atoms with Gasteiger partial charge in [0.05, 0.1) is 0 Å². The van der Waals surface area contributed by atoms with Crippen molar-refractivity contribution in [3.05, 3.63) is 34.9 Å². The Balaban J connectivity index is 1.70. The van der Waals surface area contributed by atoms with Crippen LogP contribution in [0.1, 0.15) is 25.8 Å². The maximum Gasteiger partial charge on any atom is 0.326 e. The Morgan fingerprint density at radius 3 is 2.52 bits per heavy atom. The summed E-state index contributed by atoms with van der Waals surface area (Å²) in [6, 6.07) is 6.60. The number of halogens is 1. The molecule has 0 spiro atoms. The van der Waals surface area contributed by atoms with Gasteiger partial charge in [-0.1, -0.05) is 30.7 Å². The molecular weight excluding hydrogens is 374 g/mol. The van der Waals surface area contributed by atoms with Gasteiger partial charge in [-0.2, -0.15) is 0 Å². The number of nitrogens with zero attached hydrogens (tertiary/aromatic N) is 1. The molecule has 1 aliphatic rings. The van der Waals surface area contributed by atoms with Gasteiger partial charge in [-0.15, -0.1) is 0 Å². The van der Waals surface area contributed by atoms with Gasteiger partial charge < -0.3 is 15.4 Å². The topological polar surface area (TPSA) is 105 Å². The van der Waals surface area contributed by atoms with Crippen molar-refractivity contribution in [2.45, 2.75) is 32.2 Å². The molecule has 9 heteroatoms. The first-order valence-electron chi connectivity index (χ1n) is 8.56. The first-order valence-corrected chi connectivity index (χ1v) is 8.94. The SMILES string of the molecule is CC[C@]1(C)NC(=O)N(CC(=O)OCC(=O)NCCc2ccc(Cl)cc2)C1=O. The van der Waals surface area contributed by atoms with Crippen molar-refractivity contribution in [3.63, 3.8) is 0 Å². The van der Waals surface area contributed by atoms with E-state index in [-0.39, 0.29) is 0 Å². The second kappa shape index (κ2) is 8.85. The van der Waals surface area contributed by atoms with Crippen LogP contribution >= 0.6 is 11.6 Å². The number of benzene rings is 1. The van der Waals surface area contributed by atoms with Gasteiger partial charge in [-0.05, 0) is 37.5 Å². The van der Waals surface area contributed by atoms with E-state index in [1.807, 2.05) is 12.1 Å². The average Bonchev–Trinajstić information content (AvgIpc) is 2.85. The Morgan fingerprint density at radius 2 is 1.93 bits per heavy atom. The molecule has 4 amide bonds. The van der Waals surface area contributed by atoms with Gasteiger partial charge in [-0.25, -0.2) is 4.79 Å². The molecule has 0 aliphatic carbocycles. The Morgan fingerprint density at radius 1 is 1.26 bits per heavy atom. The fourth-order valence-electron chi connectivity index (χ4n) is 2.50. The number of carbonyl (C=O) groups is 4. The number of amides is 4. The van der Waals surface area contributed by atoms with Crippen molar-refractivity contribution in [2.24, 2.45) is 0 Å². The lowest BCUT2D eigenvalue weighted by molar-refractivity contribution is -0.151. The zero-order chi connectivity index (χ0) is 20.0. The summed E-state index contributed by atoms with van der Waals surface area (Å²) < 4.78 is 4.84. The first-order chi connectivity index (χ1) is 12.7. The molecule has 0 saturated carbocycles. The van der Waals surface area contributed by atoms with Crippen LogP contribution in [0.5, 0.6) is 0 Å². The van der Waals surface area contributed by atoms with Gasteiger partial charge in [0.1, 0.15) is 12.1 Å². The molecular formula is C18H22ClN3O5. The quantitative estimate of drug-likeness (QED) is 0.509. The molecule has 2 rings (SSSR count). The number of urea groups is 1. The zero-order valence-corrected chi connectivity index (χ0v) is 16.0. The third-order valence-corrected chi connectivity index (χ3v) is 4.60. The van der Waals surface area contributed by atoms with Crippen LogP contribution in [0, 0.1) is 0 Å². The summed E-state index contributed by atoms with van der Waals surface area (Å²) in [7, 11) is 0. The molecule has 1 aromatic rings. The predicted molar refractivity (Wildman–Crippen MR) is 98.1 cm³/mol. The zero-order valence-electron chi connectivity index (χ0n) is 15.2. The molecule has 0 unspecified atom stereocenters.